The molecule has 0 aromatic carbocycles. The zero-order valence-corrected chi connectivity index (χ0v) is 17.1. The lowest BCUT2D eigenvalue weighted by atomic mass is 10.1. The SMILES string of the molecule is Cc1cc(-c2noc(C(C)OC3CCN(C(=O)OC(C)(C)C)CC3)n2)ccn1. The van der Waals surface area contributed by atoms with E-state index in [9.17, 15) is 4.79 Å². The Morgan fingerprint density at radius 1 is 1.32 bits per heavy atom. The van der Waals surface area contributed by atoms with Crippen LogP contribution in [0.5, 0.6) is 0 Å². The van der Waals surface area contributed by atoms with Gasteiger partial charge in [-0.05, 0) is 59.6 Å². The molecular weight excluding hydrogens is 360 g/mol. The second-order valence-corrected chi connectivity index (χ2v) is 8.09. The molecule has 28 heavy (non-hydrogen) atoms. The van der Waals surface area contributed by atoms with E-state index >= 15 is 0 Å². The molecule has 0 bridgehead atoms. The van der Waals surface area contributed by atoms with Gasteiger partial charge < -0.3 is 18.9 Å². The highest BCUT2D eigenvalue weighted by molar-refractivity contribution is 5.68. The summed E-state index contributed by atoms with van der Waals surface area (Å²) in [5.74, 6) is 0.967. The Balaban J connectivity index is 1.52. The van der Waals surface area contributed by atoms with Gasteiger partial charge in [0.1, 0.15) is 11.7 Å². The highest BCUT2D eigenvalue weighted by Crippen LogP contribution is 2.25. The number of hydrogen-bond acceptors (Lipinski definition) is 7. The van der Waals surface area contributed by atoms with Crippen molar-refractivity contribution in [1.82, 2.24) is 20.0 Å². The molecule has 2 aromatic heterocycles. The summed E-state index contributed by atoms with van der Waals surface area (Å²) in [7, 11) is 0. The average molecular weight is 388 g/mol. The summed E-state index contributed by atoms with van der Waals surface area (Å²) >= 11 is 0. The number of carbonyl (C=O) groups is 1. The molecule has 8 heteroatoms. The maximum absolute atomic E-state index is 12.2. The van der Waals surface area contributed by atoms with Gasteiger partial charge >= 0.3 is 6.09 Å². The summed E-state index contributed by atoms with van der Waals surface area (Å²) in [6.45, 7) is 10.6. The first-order valence-corrected chi connectivity index (χ1v) is 9.61. The Hall–Kier alpha value is -2.48. The zero-order chi connectivity index (χ0) is 20.3. The number of aromatic nitrogens is 3. The third-order valence-corrected chi connectivity index (χ3v) is 4.43. The molecule has 3 heterocycles. The van der Waals surface area contributed by atoms with E-state index in [1.165, 1.54) is 0 Å². The van der Waals surface area contributed by atoms with E-state index in [1.54, 1.807) is 11.1 Å². The van der Waals surface area contributed by atoms with Gasteiger partial charge in [0.05, 0.1) is 6.10 Å². The molecule has 3 rings (SSSR count). The monoisotopic (exact) mass is 388 g/mol. The number of aryl methyl sites for hydroxylation is 1. The quantitative estimate of drug-likeness (QED) is 0.784. The van der Waals surface area contributed by atoms with Crippen molar-refractivity contribution >= 4 is 6.09 Å². The van der Waals surface area contributed by atoms with Crippen molar-refractivity contribution in [2.24, 2.45) is 0 Å². The molecule has 8 nitrogen and oxygen atoms in total. The smallest absolute Gasteiger partial charge is 0.410 e. The molecule has 1 saturated heterocycles. The van der Waals surface area contributed by atoms with Gasteiger partial charge in [-0.2, -0.15) is 4.98 Å². The first kappa shape index (κ1) is 20.3. The topological polar surface area (TPSA) is 90.6 Å². The Kier molecular flexibility index (Phi) is 5.98. The molecule has 1 aliphatic heterocycles. The van der Waals surface area contributed by atoms with Gasteiger partial charge in [0.25, 0.3) is 5.89 Å². The minimum absolute atomic E-state index is 0.0345. The number of nitrogens with zero attached hydrogens (tertiary/aromatic N) is 4. The third-order valence-electron chi connectivity index (χ3n) is 4.43. The number of hydrogen-bond donors (Lipinski definition) is 0. The average Bonchev–Trinajstić information content (AvgIpc) is 3.11. The molecule has 1 aliphatic rings. The van der Waals surface area contributed by atoms with Crippen LogP contribution in [-0.2, 0) is 9.47 Å². The first-order valence-electron chi connectivity index (χ1n) is 9.61. The number of piperidine rings is 1. The molecule has 0 spiro atoms. The number of likely N-dealkylation sites (tertiary alicyclic amines) is 1. The molecule has 0 N–H and O–H groups in total. The van der Waals surface area contributed by atoms with Gasteiger partial charge in [0.2, 0.25) is 5.82 Å². The molecule has 1 fully saturated rings. The number of pyridine rings is 1. The molecule has 0 radical (unpaired) electrons. The number of ether oxygens (including phenoxy) is 2. The minimum atomic E-state index is -0.484. The zero-order valence-electron chi connectivity index (χ0n) is 17.1. The van der Waals surface area contributed by atoms with Gasteiger partial charge in [-0.1, -0.05) is 5.16 Å². The molecule has 2 aromatic rings. The maximum atomic E-state index is 12.2. The Labute approximate surface area is 165 Å². The normalized spacial score (nSPS) is 16.8. The van der Waals surface area contributed by atoms with E-state index in [1.807, 2.05) is 46.8 Å². The van der Waals surface area contributed by atoms with Crippen LogP contribution < -0.4 is 0 Å². The fourth-order valence-electron chi connectivity index (χ4n) is 3.05. The van der Waals surface area contributed by atoms with Gasteiger partial charge in [-0.3, -0.25) is 4.98 Å². The lowest BCUT2D eigenvalue weighted by Gasteiger charge is -2.34. The first-order chi connectivity index (χ1) is 13.2. The van der Waals surface area contributed by atoms with Crippen molar-refractivity contribution in [3.63, 3.8) is 0 Å². The number of carbonyl (C=O) groups excluding carboxylic acids is 1. The number of amides is 1. The van der Waals surface area contributed by atoms with E-state index in [2.05, 4.69) is 15.1 Å². The van der Waals surface area contributed by atoms with Gasteiger partial charge in [-0.15, -0.1) is 0 Å². The van der Waals surface area contributed by atoms with Crippen LogP contribution in [0.15, 0.2) is 22.9 Å². The highest BCUT2D eigenvalue weighted by Gasteiger charge is 2.29. The summed E-state index contributed by atoms with van der Waals surface area (Å²) in [5, 5.41) is 4.05. The van der Waals surface area contributed by atoms with Crippen molar-refractivity contribution in [3.05, 3.63) is 29.9 Å². The second-order valence-electron chi connectivity index (χ2n) is 8.09. The lowest BCUT2D eigenvalue weighted by Crippen LogP contribution is -2.43. The van der Waals surface area contributed by atoms with Crippen LogP contribution in [0, 0.1) is 6.92 Å². The summed E-state index contributed by atoms with van der Waals surface area (Å²) in [5.41, 5.74) is 1.27. The minimum Gasteiger partial charge on any atom is -0.444 e. The van der Waals surface area contributed by atoms with Crippen LogP contribution in [-0.4, -0.2) is 50.9 Å². The summed E-state index contributed by atoms with van der Waals surface area (Å²) in [6.07, 6.45) is 2.66. The van der Waals surface area contributed by atoms with Gasteiger partial charge in [0.15, 0.2) is 0 Å². The van der Waals surface area contributed by atoms with E-state index in [-0.39, 0.29) is 18.3 Å². The summed E-state index contributed by atoms with van der Waals surface area (Å²) < 4.78 is 16.9. The Bertz CT molecular complexity index is 807. The second kappa shape index (κ2) is 8.26. The predicted octanol–water partition coefficient (Wildman–Crippen LogP) is 3.92. The Morgan fingerprint density at radius 3 is 2.68 bits per heavy atom. The van der Waals surface area contributed by atoms with Crippen LogP contribution in [0.4, 0.5) is 4.79 Å². The third kappa shape index (κ3) is 5.28. The van der Waals surface area contributed by atoms with Crippen molar-refractivity contribution in [2.45, 2.75) is 65.3 Å². The molecule has 1 unspecified atom stereocenters. The highest BCUT2D eigenvalue weighted by atomic mass is 16.6. The Morgan fingerprint density at radius 2 is 2.04 bits per heavy atom. The maximum Gasteiger partial charge on any atom is 0.410 e. The summed E-state index contributed by atoms with van der Waals surface area (Å²) in [4.78, 5) is 22.5. The van der Waals surface area contributed by atoms with Gasteiger partial charge in [-0.25, -0.2) is 4.79 Å². The summed E-state index contributed by atoms with van der Waals surface area (Å²) in [6, 6.07) is 3.76. The largest absolute Gasteiger partial charge is 0.444 e. The van der Waals surface area contributed by atoms with Crippen LogP contribution in [0.3, 0.4) is 0 Å². The van der Waals surface area contributed by atoms with E-state index in [0.717, 1.165) is 24.1 Å². The van der Waals surface area contributed by atoms with Crippen LogP contribution in [0.2, 0.25) is 0 Å². The van der Waals surface area contributed by atoms with E-state index in [4.69, 9.17) is 14.0 Å². The molecule has 1 amide bonds. The van der Waals surface area contributed by atoms with Crippen molar-refractivity contribution in [3.8, 4) is 11.4 Å². The van der Waals surface area contributed by atoms with E-state index in [0.29, 0.717) is 24.8 Å². The van der Waals surface area contributed by atoms with Crippen molar-refractivity contribution < 1.29 is 18.8 Å². The lowest BCUT2D eigenvalue weighted by molar-refractivity contribution is -0.0509. The molecule has 0 aliphatic carbocycles. The fraction of sp³-hybridized carbons (Fsp3) is 0.600. The molecule has 152 valence electrons. The molecule has 1 atom stereocenters. The number of rotatable bonds is 4. The van der Waals surface area contributed by atoms with Crippen molar-refractivity contribution in [1.29, 1.82) is 0 Å². The van der Waals surface area contributed by atoms with Crippen LogP contribution in [0.25, 0.3) is 11.4 Å². The predicted molar refractivity (Wildman–Crippen MR) is 103 cm³/mol. The van der Waals surface area contributed by atoms with Crippen LogP contribution in [0.1, 0.15) is 58.2 Å². The van der Waals surface area contributed by atoms with Gasteiger partial charge in [0, 0.05) is 30.5 Å². The molecule has 0 saturated carbocycles. The van der Waals surface area contributed by atoms with E-state index < -0.39 is 5.60 Å². The fourth-order valence-corrected chi connectivity index (χ4v) is 3.05. The van der Waals surface area contributed by atoms with Crippen LogP contribution >= 0.6 is 0 Å². The standard InChI is InChI=1S/C20H28N4O4/c1-13-12-15(6-9-21-13)17-22-18(28-23-17)14(2)26-16-7-10-24(11-8-16)19(25)27-20(3,4)5/h6,9,12,14,16H,7-8,10-11H2,1-5H3. The molecular formula is C20H28N4O4. The van der Waals surface area contributed by atoms with Crippen molar-refractivity contribution in [2.75, 3.05) is 13.1 Å².